The Morgan fingerprint density at radius 3 is 2.42 bits per heavy atom. The summed E-state index contributed by atoms with van der Waals surface area (Å²) in [5, 5.41) is 8.71. The van der Waals surface area contributed by atoms with E-state index in [4.69, 9.17) is 32.0 Å². The third-order valence-electron chi connectivity index (χ3n) is 6.33. The van der Waals surface area contributed by atoms with Crippen LogP contribution in [0.1, 0.15) is 24.3 Å². The summed E-state index contributed by atoms with van der Waals surface area (Å²) in [4.78, 5) is 30.6. The number of rotatable bonds is 4. The van der Waals surface area contributed by atoms with E-state index in [2.05, 4.69) is 20.6 Å². The highest BCUT2D eigenvalue weighted by Gasteiger charge is 2.30. The molecular formula is C26H26ClN5O4. The number of methoxy groups -OCH3 is 1. The van der Waals surface area contributed by atoms with E-state index < -0.39 is 0 Å². The minimum absolute atomic E-state index is 0.250. The number of piperidine rings is 1. The zero-order valence-corrected chi connectivity index (χ0v) is 20.4. The van der Waals surface area contributed by atoms with Crippen LogP contribution in [0.25, 0.3) is 27.8 Å². The van der Waals surface area contributed by atoms with E-state index in [0.717, 1.165) is 40.7 Å². The maximum absolute atomic E-state index is 11.7. The fraction of sp³-hybridized carbons (Fsp3) is 0.231. The number of nitrogens with two attached hydrogens (primary N) is 1. The van der Waals surface area contributed by atoms with Crippen molar-refractivity contribution in [2.45, 2.75) is 18.8 Å². The summed E-state index contributed by atoms with van der Waals surface area (Å²) >= 11 is 6.19. The predicted octanol–water partition coefficient (Wildman–Crippen LogP) is 4.71. The van der Waals surface area contributed by atoms with Gasteiger partial charge in [0.2, 0.25) is 5.88 Å². The van der Waals surface area contributed by atoms with Crippen molar-refractivity contribution in [3.63, 3.8) is 0 Å². The van der Waals surface area contributed by atoms with E-state index in [1.165, 1.54) is 5.56 Å². The SMILES string of the molecule is COc1ccc(-c2c(C3CCN(C(N)=O)CC3)c3ccncc3n2-c2ccc(Cl)cc2)cn1.O=CO. The number of carbonyl (C=O) groups is 2. The quantitative estimate of drug-likeness (QED) is 0.385. The van der Waals surface area contributed by atoms with Gasteiger partial charge in [0.25, 0.3) is 6.47 Å². The predicted molar refractivity (Wildman–Crippen MR) is 138 cm³/mol. The molecule has 1 aliphatic rings. The van der Waals surface area contributed by atoms with Gasteiger partial charge in [-0.25, -0.2) is 9.78 Å². The number of fused-ring (bicyclic) bond motifs is 1. The molecule has 3 aromatic heterocycles. The number of halogens is 1. The molecule has 4 heterocycles. The molecule has 186 valence electrons. The minimum Gasteiger partial charge on any atom is -0.483 e. The van der Waals surface area contributed by atoms with Gasteiger partial charge in [0.1, 0.15) is 0 Å². The van der Waals surface area contributed by atoms with E-state index in [0.29, 0.717) is 24.0 Å². The Balaban J connectivity index is 0.000000967. The number of likely N-dealkylation sites (tertiary alicyclic amines) is 1. The summed E-state index contributed by atoms with van der Waals surface area (Å²) in [6, 6.07) is 13.4. The summed E-state index contributed by atoms with van der Waals surface area (Å²) in [6.07, 6.45) is 7.23. The zero-order valence-electron chi connectivity index (χ0n) is 19.7. The van der Waals surface area contributed by atoms with Crippen molar-refractivity contribution in [2.24, 2.45) is 5.73 Å². The summed E-state index contributed by atoms with van der Waals surface area (Å²) < 4.78 is 7.50. The fourth-order valence-corrected chi connectivity index (χ4v) is 4.87. The van der Waals surface area contributed by atoms with Gasteiger partial charge in [-0.2, -0.15) is 0 Å². The van der Waals surface area contributed by atoms with Crippen LogP contribution in [0.3, 0.4) is 0 Å². The van der Waals surface area contributed by atoms with Gasteiger partial charge in [-0.1, -0.05) is 11.6 Å². The van der Waals surface area contributed by atoms with Crippen molar-refractivity contribution in [1.29, 1.82) is 0 Å². The first-order chi connectivity index (χ1) is 17.5. The molecule has 1 saturated heterocycles. The number of urea groups is 1. The van der Waals surface area contributed by atoms with Gasteiger partial charge >= 0.3 is 6.03 Å². The molecule has 3 N–H and O–H groups in total. The Morgan fingerprint density at radius 2 is 1.83 bits per heavy atom. The fourth-order valence-electron chi connectivity index (χ4n) is 4.75. The largest absolute Gasteiger partial charge is 0.483 e. The average molecular weight is 508 g/mol. The molecular weight excluding hydrogens is 482 g/mol. The topological polar surface area (TPSA) is 124 Å². The van der Waals surface area contributed by atoms with Crippen LogP contribution in [0.2, 0.25) is 5.02 Å². The molecule has 0 bridgehead atoms. The number of hydrogen-bond donors (Lipinski definition) is 2. The minimum atomic E-state index is -0.360. The number of pyridine rings is 2. The first kappa shape index (κ1) is 25.0. The van der Waals surface area contributed by atoms with Crippen molar-refractivity contribution in [3.8, 4) is 22.8 Å². The Hall–Kier alpha value is -4.11. The lowest BCUT2D eigenvalue weighted by Gasteiger charge is -2.31. The van der Waals surface area contributed by atoms with Crippen LogP contribution in [0.4, 0.5) is 4.79 Å². The Labute approximate surface area is 213 Å². The molecule has 0 radical (unpaired) electrons. The highest BCUT2D eigenvalue weighted by Crippen LogP contribution is 2.43. The van der Waals surface area contributed by atoms with Gasteiger partial charge in [0.05, 0.1) is 24.5 Å². The van der Waals surface area contributed by atoms with Crippen molar-refractivity contribution in [1.82, 2.24) is 19.4 Å². The molecule has 36 heavy (non-hydrogen) atoms. The molecule has 1 aromatic carbocycles. The normalized spacial score (nSPS) is 13.7. The smallest absolute Gasteiger partial charge is 0.314 e. The maximum atomic E-state index is 11.7. The van der Waals surface area contributed by atoms with Gasteiger partial charge in [-0.3, -0.25) is 9.78 Å². The van der Waals surface area contributed by atoms with Gasteiger partial charge < -0.3 is 25.0 Å². The number of amides is 2. The van der Waals surface area contributed by atoms with Crippen molar-refractivity contribution >= 4 is 35.0 Å². The zero-order chi connectivity index (χ0) is 25.7. The molecule has 5 rings (SSSR count). The number of aromatic nitrogens is 3. The Bertz CT molecular complexity index is 1350. The van der Waals surface area contributed by atoms with E-state index in [1.807, 2.05) is 55.0 Å². The molecule has 1 fully saturated rings. The number of nitrogens with zero attached hydrogens (tertiary/aromatic N) is 4. The number of carboxylic acid groups (broad SMARTS) is 1. The highest BCUT2D eigenvalue weighted by molar-refractivity contribution is 6.30. The van der Waals surface area contributed by atoms with Crippen LogP contribution in [0.15, 0.2) is 61.1 Å². The lowest BCUT2D eigenvalue weighted by Crippen LogP contribution is -2.41. The van der Waals surface area contributed by atoms with E-state index >= 15 is 0 Å². The lowest BCUT2D eigenvalue weighted by atomic mass is 9.86. The number of primary amides is 1. The van der Waals surface area contributed by atoms with Crippen LogP contribution < -0.4 is 10.5 Å². The third-order valence-corrected chi connectivity index (χ3v) is 6.58. The van der Waals surface area contributed by atoms with Crippen molar-refractivity contribution in [3.05, 3.63) is 71.6 Å². The molecule has 10 heteroatoms. The summed E-state index contributed by atoms with van der Waals surface area (Å²) in [5.74, 6) is 0.821. The molecule has 1 aliphatic heterocycles. The first-order valence-electron chi connectivity index (χ1n) is 11.3. The first-order valence-corrected chi connectivity index (χ1v) is 11.7. The number of benzene rings is 1. The Kier molecular flexibility index (Phi) is 7.70. The third kappa shape index (κ3) is 4.96. The van der Waals surface area contributed by atoms with E-state index in [-0.39, 0.29) is 18.4 Å². The van der Waals surface area contributed by atoms with Crippen LogP contribution in [0.5, 0.6) is 5.88 Å². The van der Waals surface area contributed by atoms with Crippen molar-refractivity contribution < 1.29 is 19.4 Å². The second-order valence-electron chi connectivity index (χ2n) is 8.26. The van der Waals surface area contributed by atoms with Gasteiger partial charge in [0, 0.05) is 53.2 Å². The number of carbonyl (C=O) groups excluding carboxylic acids is 1. The molecule has 2 amide bonds. The molecule has 0 atom stereocenters. The average Bonchev–Trinajstić information content (AvgIpc) is 3.25. The summed E-state index contributed by atoms with van der Waals surface area (Å²) in [7, 11) is 1.61. The molecule has 0 unspecified atom stereocenters. The van der Waals surface area contributed by atoms with Gasteiger partial charge in [0.15, 0.2) is 0 Å². The molecule has 0 spiro atoms. The second-order valence-corrected chi connectivity index (χ2v) is 8.70. The van der Waals surface area contributed by atoms with Crippen LogP contribution in [-0.2, 0) is 4.79 Å². The van der Waals surface area contributed by atoms with Crippen LogP contribution in [-0.4, -0.2) is 57.2 Å². The lowest BCUT2D eigenvalue weighted by molar-refractivity contribution is -0.122. The number of ether oxygens (including phenoxy) is 1. The van der Waals surface area contributed by atoms with Gasteiger partial charge in [-0.15, -0.1) is 0 Å². The molecule has 0 saturated carbocycles. The Morgan fingerprint density at radius 1 is 1.14 bits per heavy atom. The number of hydrogen-bond acceptors (Lipinski definition) is 5. The summed E-state index contributed by atoms with van der Waals surface area (Å²) in [6.45, 7) is 1.03. The summed E-state index contributed by atoms with van der Waals surface area (Å²) in [5.41, 5.74) is 10.8. The van der Waals surface area contributed by atoms with Gasteiger partial charge in [-0.05, 0) is 60.7 Å². The standard InChI is InChI=1S/C25H24ClN5O2.CH2O2/c1-33-22-7-2-17(14-29-22)24-23(16-9-12-30(13-10-16)25(27)32)20-8-11-28-15-21(20)31(24)19-5-3-18(26)4-6-19;2-1-3/h2-8,11,14-16H,9-10,12-13H2,1H3,(H2,27,32);1H,(H,2,3). The van der Waals surface area contributed by atoms with Crippen LogP contribution in [0, 0.1) is 0 Å². The maximum Gasteiger partial charge on any atom is 0.314 e. The molecule has 9 nitrogen and oxygen atoms in total. The molecule has 0 aliphatic carbocycles. The molecule has 4 aromatic rings. The van der Waals surface area contributed by atoms with E-state index in [9.17, 15) is 4.79 Å². The van der Waals surface area contributed by atoms with Crippen LogP contribution >= 0.6 is 11.6 Å². The monoisotopic (exact) mass is 507 g/mol. The highest BCUT2D eigenvalue weighted by atomic mass is 35.5. The van der Waals surface area contributed by atoms with Crippen molar-refractivity contribution in [2.75, 3.05) is 20.2 Å². The second kappa shape index (κ2) is 11.1. The van der Waals surface area contributed by atoms with E-state index in [1.54, 1.807) is 12.0 Å².